The number of likely N-dealkylation sites (tertiary alicyclic amines) is 1. The van der Waals surface area contributed by atoms with Crippen LogP contribution in [0.1, 0.15) is 26.2 Å². The Kier molecular flexibility index (Phi) is 8.71. The predicted molar refractivity (Wildman–Crippen MR) is 147 cm³/mol. The molecule has 11 heteroatoms. The highest BCUT2D eigenvalue weighted by molar-refractivity contribution is 8.01. The third-order valence-corrected chi connectivity index (χ3v) is 8.53. The molecule has 38 heavy (non-hydrogen) atoms. The zero-order valence-electron chi connectivity index (χ0n) is 21.1. The molecule has 1 N–H and O–H groups in total. The Labute approximate surface area is 230 Å². The molecule has 3 heterocycles. The SMILES string of the molecule is CCOc1cc2ncnc(Nc3ccc(F)c(Cl)c3)c2cc1OCCN1CCC(SC2CCOC2=O)CC1. The van der Waals surface area contributed by atoms with Crippen LogP contribution < -0.4 is 14.8 Å². The highest BCUT2D eigenvalue weighted by Crippen LogP contribution is 2.36. The van der Waals surface area contributed by atoms with Gasteiger partial charge >= 0.3 is 5.97 Å². The number of nitrogens with one attached hydrogen (secondary N) is 1. The molecule has 5 rings (SSSR count). The van der Waals surface area contributed by atoms with Crippen LogP contribution in [0.5, 0.6) is 11.5 Å². The van der Waals surface area contributed by atoms with E-state index in [0.717, 1.165) is 44.3 Å². The zero-order chi connectivity index (χ0) is 26.5. The number of ether oxygens (including phenoxy) is 3. The fourth-order valence-corrected chi connectivity index (χ4v) is 6.18. The molecule has 2 aliphatic rings. The highest BCUT2D eigenvalue weighted by atomic mass is 35.5. The minimum Gasteiger partial charge on any atom is -0.490 e. The molecule has 1 unspecified atom stereocenters. The van der Waals surface area contributed by atoms with E-state index in [1.54, 1.807) is 17.8 Å². The Bertz CT molecular complexity index is 1290. The maximum atomic E-state index is 13.6. The van der Waals surface area contributed by atoms with Crippen LogP contribution in [0.2, 0.25) is 5.02 Å². The number of anilines is 2. The minimum absolute atomic E-state index is 0.00294. The summed E-state index contributed by atoms with van der Waals surface area (Å²) in [7, 11) is 0. The lowest BCUT2D eigenvalue weighted by Crippen LogP contribution is -2.38. The average Bonchev–Trinajstić information content (AvgIpc) is 3.32. The lowest BCUT2D eigenvalue weighted by molar-refractivity contribution is -0.137. The van der Waals surface area contributed by atoms with Gasteiger partial charge in [-0.25, -0.2) is 14.4 Å². The number of piperidine rings is 1. The Morgan fingerprint density at radius 1 is 1.16 bits per heavy atom. The van der Waals surface area contributed by atoms with Crippen molar-refractivity contribution in [1.82, 2.24) is 14.9 Å². The molecule has 202 valence electrons. The van der Waals surface area contributed by atoms with Gasteiger partial charge in [0.1, 0.15) is 29.8 Å². The molecule has 0 spiro atoms. The molecule has 0 radical (unpaired) electrons. The van der Waals surface area contributed by atoms with Gasteiger partial charge in [-0.1, -0.05) is 11.6 Å². The number of aromatic nitrogens is 2. The molecular formula is C27H30ClFN4O4S. The number of esters is 1. The molecule has 0 saturated carbocycles. The van der Waals surface area contributed by atoms with Crippen LogP contribution in [0.25, 0.3) is 10.9 Å². The highest BCUT2D eigenvalue weighted by Gasteiger charge is 2.31. The number of halogens is 2. The maximum absolute atomic E-state index is 13.6. The maximum Gasteiger partial charge on any atom is 0.319 e. The van der Waals surface area contributed by atoms with Gasteiger partial charge in [-0.05, 0) is 57.1 Å². The van der Waals surface area contributed by atoms with Gasteiger partial charge in [0.2, 0.25) is 0 Å². The van der Waals surface area contributed by atoms with Gasteiger partial charge in [0.15, 0.2) is 11.5 Å². The Hall–Kier alpha value is -2.82. The standard InChI is InChI=1S/C27H30ClFN4O4S/c1-2-35-24-15-22-19(26(31-16-30-22)32-17-3-4-21(29)20(28)13-17)14-23(24)36-12-10-33-8-5-18(6-9-33)38-25-7-11-37-27(25)34/h3-4,13-16,18,25H,2,5-12H2,1H3,(H,30,31,32). The van der Waals surface area contributed by atoms with E-state index in [1.165, 1.54) is 18.5 Å². The normalized spacial score (nSPS) is 18.5. The first-order chi connectivity index (χ1) is 18.5. The lowest BCUT2D eigenvalue weighted by Gasteiger charge is -2.32. The van der Waals surface area contributed by atoms with E-state index in [0.29, 0.717) is 53.6 Å². The molecule has 0 amide bonds. The summed E-state index contributed by atoms with van der Waals surface area (Å²) in [5.41, 5.74) is 1.30. The van der Waals surface area contributed by atoms with E-state index in [1.807, 2.05) is 19.1 Å². The molecule has 0 aliphatic carbocycles. The number of carbonyl (C=O) groups excluding carboxylic acids is 1. The second-order valence-corrected chi connectivity index (χ2v) is 11.1. The van der Waals surface area contributed by atoms with Gasteiger partial charge in [0, 0.05) is 35.4 Å². The summed E-state index contributed by atoms with van der Waals surface area (Å²) in [6.45, 7) is 6.20. The van der Waals surface area contributed by atoms with E-state index in [4.69, 9.17) is 25.8 Å². The average molecular weight is 561 g/mol. The van der Waals surface area contributed by atoms with Crippen LogP contribution >= 0.6 is 23.4 Å². The Morgan fingerprint density at radius 2 is 1.97 bits per heavy atom. The summed E-state index contributed by atoms with van der Waals surface area (Å²) >= 11 is 7.72. The van der Waals surface area contributed by atoms with E-state index in [-0.39, 0.29) is 16.2 Å². The molecule has 0 bridgehead atoms. The molecule has 2 aromatic carbocycles. The van der Waals surface area contributed by atoms with Crippen molar-refractivity contribution in [3.05, 3.63) is 47.5 Å². The van der Waals surface area contributed by atoms with Crippen LogP contribution in [-0.2, 0) is 9.53 Å². The third kappa shape index (κ3) is 6.42. The fraction of sp³-hybridized carbons (Fsp3) is 0.444. The van der Waals surface area contributed by atoms with E-state index in [2.05, 4.69) is 20.2 Å². The topological polar surface area (TPSA) is 85.8 Å². The molecule has 8 nitrogen and oxygen atoms in total. The van der Waals surface area contributed by atoms with Crippen molar-refractivity contribution in [3.63, 3.8) is 0 Å². The van der Waals surface area contributed by atoms with Gasteiger partial charge in [0.25, 0.3) is 0 Å². The minimum atomic E-state index is -0.483. The van der Waals surface area contributed by atoms with Gasteiger partial charge in [0.05, 0.1) is 23.8 Å². The molecular weight excluding hydrogens is 531 g/mol. The first kappa shape index (κ1) is 26.8. The van der Waals surface area contributed by atoms with E-state index >= 15 is 0 Å². The van der Waals surface area contributed by atoms with Crippen LogP contribution in [0.4, 0.5) is 15.9 Å². The number of fused-ring (bicyclic) bond motifs is 1. The Morgan fingerprint density at radius 3 is 2.71 bits per heavy atom. The van der Waals surface area contributed by atoms with Gasteiger partial charge in [-0.3, -0.25) is 9.69 Å². The van der Waals surface area contributed by atoms with Gasteiger partial charge < -0.3 is 19.5 Å². The van der Waals surface area contributed by atoms with Crippen molar-refractivity contribution in [2.45, 2.75) is 36.7 Å². The number of nitrogens with zero attached hydrogens (tertiary/aromatic N) is 3. The van der Waals surface area contributed by atoms with Crippen molar-refractivity contribution in [2.24, 2.45) is 0 Å². The number of carbonyl (C=O) groups is 1. The fourth-order valence-electron chi connectivity index (χ4n) is 4.64. The predicted octanol–water partition coefficient (Wildman–Crippen LogP) is 5.46. The number of thioether (sulfide) groups is 1. The quantitative estimate of drug-likeness (QED) is 0.325. The number of hydrogen-bond donors (Lipinski definition) is 1. The number of benzene rings is 2. The summed E-state index contributed by atoms with van der Waals surface area (Å²) in [6.07, 6.45) is 4.39. The Balaban J connectivity index is 1.22. The molecule has 1 atom stereocenters. The molecule has 3 aromatic rings. The van der Waals surface area contributed by atoms with Gasteiger partial charge in [-0.15, -0.1) is 11.8 Å². The second kappa shape index (κ2) is 12.4. The summed E-state index contributed by atoms with van der Waals surface area (Å²) < 4.78 is 30.7. The molecule has 2 fully saturated rings. The summed E-state index contributed by atoms with van der Waals surface area (Å²) in [5.74, 6) is 1.24. The van der Waals surface area contributed by atoms with Crippen LogP contribution in [-0.4, -0.2) is 70.8 Å². The molecule has 2 saturated heterocycles. The van der Waals surface area contributed by atoms with Crippen molar-refractivity contribution in [3.8, 4) is 11.5 Å². The van der Waals surface area contributed by atoms with Crippen LogP contribution in [0.15, 0.2) is 36.7 Å². The number of rotatable bonds is 10. The monoisotopic (exact) mass is 560 g/mol. The van der Waals surface area contributed by atoms with Gasteiger partial charge in [-0.2, -0.15) is 0 Å². The van der Waals surface area contributed by atoms with E-state index in [9.17, 15) is 9.18 Å². The third-order valence-electron chi connectivity index (χ3n) is 6.63. The molecule has 2 aliphatic heterocycles. The first-order valence-electron chi connectivity index (χ1n) is 12.8. The van der Waals surface area contributed by atoms with Crippen molar-refractivity contribution in [2.75, 3.05) is 44.8 Å². The molecule has 1 aromatic heterocycles. The second-order valence-electron chi connectivity index (χ2n) is 9.20. The first-order valence-corrected chi connectivity index (χ1v) is 14.1. The zero-order valence-corrected chi connectivity index (χ0v) is 22.7. The van der Waals surface area contributed by atoms with E-state index < -0.39 is 5.82 Å². The largest absolute Gasteiger partial charge is 0.490 e. The summed E-state index contributed by atoms with van der Waals surface area (Å²) in [4.78, 5) is 22.9. The summed E-state index contributed by atoms with van der Waals surface area (Å²) in [5, 5.41) is 4.47. The van der Waals surface area contributed by atoms with Crippen molar-refractivity contribution < 1.29 is 23.4 Å². The van der Waals surface area contributed by atoms with Crippen LogP contribution in [0, 0.1) is 5.82 Å². The number of hydrogen-bond acceptors (Lipinski definition) is 9. The smallest absolute Gasteiger partial charge is 0.319 e. The van der Waals surface area contributed by atoms with Crippen molar-refractivity contribution in [1.29, 1.82) is 0 Å². The van der Waals surface area contributed by atoms with Crippen LogP contribution in [0.3, 0.4) is 0 Å². The van der Waals surface area contributed by atoms with Crippen molar-refractivity contribution >= 4 is 51.7 Å². The lowest BCUT2D eigenvalue weighted by atomic mass is 10.1. The number of cyclic esters (lactones) is 1. The summed E-state index contributed by atoms with van der Waals surface area (Å²) in [6, 6.07) is 8.13.